The van der Waals surface area contributed by atoms with Crippen LogP contribution in [0.15, 0.2) is 18.2 Å². The summed E-state index contributed by atoms with van der Waals surface area (Å²) in [7, 11) is 0. The van der Waals surface area contributed by atoms with Gasteiger partial charge in [0.1, 0.15) is 19.7 Å². The average molecular weight is 475 g/mol. The van der Waals surface area contributed by atoms with E-state index in [9.17, 15) is 60.2 Å². The van der Waals surface area contributed by atoms with E-state index >= 15 is 0 Å². The third-order valence-corrected chi connectivity index (χ3v) is 4.18. The van der Waals surface area contributed by atoms with Crippen LogP contribution in [-0.2, 0) is 9.47 Å². The predicted molar refractivity (Wildman–Crippen MR) is 98.4 cm³/mol. The molecular formula is C14H13N5O14. The van der Waals surface area contributed by atoms with Crippen LogP contribution in [-0.4, -0.2) is 61.1 Å². The fraction of sp³-hybridized carbons (Fsp3) is 0.429. The molecule has 1 aromatic rings. The molecule has 0 spiro atoms. The molecule has 0 bridgehead atoms. The van der Waals surface area contributed by atoms with Gasteiger partial charge in [0, 0.05) is 12.1 Å². The first-order valence-electron chi connectivity index (χ1n) is 8.28. The predicted octanol–water partition coefficient (Wildman–Crippen LogP) is 0.448. The van der Waals surface area contributed by atoms with Crippen LogP contribution in [0.3, 0.4) is 0 Å². The van der Waals surface area contributed by atoms with Crippen LogP contribution < -0.4 is 0 Å². The van der Waals surface area contributed by atoms with Crippen molar-refractivity contribution in [3.63, 3.8) is 0 Å². The lowest BCUT2D eigenvalue weighted by Gasteiger charge is -2.15. The van der Waals surface area contributed by atoms with Crippen molar-refractivity contribution < 1.29 is 43.7 Å². The highest BCUT2D eigenvalue weighted by atomic mass is 16.7. The number of nitro groups is 5. The number of ether oxygens (including phenoxy) is 2. The lowest BCUT2D eigenvalue weighted by atomic mass is 10.1. The lowest BCUT2D eigenvalue weighted by molar-refractivity contribution is -0.793. The molecule has 0 N–H and O–H groups in total. The topological polar surface area (TPSA) is 268 Å². The Labute approximate surface area is 180 Å². The second-order valence-electron chi connectivity index (χ2n) is 6.60. The summed E-state index contributed by atoms with van der Waals surface area (Å²) in [6, 6.07) is 1.85. The summed E-state index contributed by atoms with van der Waals surface area (Å²) in [5.74, 6) is -3.22. The van der Waals surface area contributed by atoms with Crippen molar-refractivity contribution in [1.29, 1.82) is 0 Å². The van der Waals surface area contributed by atoms with E-state index in [2.05, 4.69) is 9.47 Å². The zero-order valence-electron chi connectivity index (χ0n) is 16.6. The van der Waals surface area contributed by atoms with Crippen molar-refractivity contribution in [2.75, 3.05) is 13.2 Å². The van der Waals surface area contributed by atoms with Gasteiger partial charge in [-0.05, 0) is 6.07 Å². The largest absolute Gasteiger partial charge is 0.488 e. The minimum absolute atomic E-state index is 0.481. The number of benzene rings is 1. The molecule has 33 heavy (non-hydrogen) atoms. The Morgan fingerprint density at radius 1 is 0.727 bits per heavy atom. The number of rotatable bonds is 11. The molecule has 19 nitrogen and oxygen atoms in total. The Morgan fingerprint density at radius 2 is 1.09 bits per heavy atom. The number of nitro benzene ring substituents is 1. The monoisotopic (exact) mass is 475 g/mol. The molecule has 0 aliphatic carbocycles. The van der Waals surface area contributed by atoms with Crippen molar-refractivity contribution in [1.82, 2.24) is 0 Å². The molecule has 0 saturated carbocycles. The molecule has 0 atom stereocenters. The van der Waals surface area contributed by atoms with Gasteiger partial charge < -0.3 is 9.47 Å². The van der Waals surface area contributed by atoms with E-state index in [1.807, 2.05) is 0 Å². The Morgan fingerprint density at radius 3 is 1.42 bits per heavy atom. The zero-order chi connectivity index (χ0) is 25.7. The number of carbonyl (C=O) groups excluding carboxylic acids is 2. The van der Waals surface area contributed by atoms with Crippen LogP contribution in [0.1, 0.15) is 34.6 Å². The number of esters is 2. The minimum Gasteiger partial charge on any atom is -0.446 e. The van der Waals surface area contributed by atoms with Crippen LogP contribution in [0.4, 0.5) is 5.69 Å². The summed E-state index contributed by atoms with van der Waals surface area (Å²) >= 11 is 0. The highest BCUT2D eigenvalue weighted by molar-refractivity contribution is 6.03. The third kappa shape index (κ3) is 5.45. The van der Waals surface area contributed by atoms with Crippen LogP contribution >= 0.6 is 0 Å². The minimum atomic E-state index is -2.99. The van der Waals surface area contributed by atoms with E-state index in [0.717, 1.165) is 0 Å². The van der Waals surface area contributed by atoms with E-state index in [1.165, 1.54) is 0 Å². The highest BCUT2D eigenvalue weighted by Crippen LogP contribution is 2.22. The Balaban J connectivity index is 3.29. The summed E-state index contributed by atoms with van der Waals surface area (Å²) in [6.07, 6.45) is 0. The molecule has 1 aromatic carbocycles. The standard InChI is InChI=1S/C14H13N5O14/c1-13(16(24)25,17(26)27)6-32-11(20)9-4-3-8(15(22)23)5-10(9)12(21)33-7-14(2,18(28)29)19(30)31/h3-5H,6-7H2,1-2H3. The molecule has 0 aliphatic rings. The second kappa shape index (κ2) is 9.53. The maximum atomic E-state index is 12.3. The number of carbonyl (C=O) groups is 2. The van der Waals surface area contributed by atoms with E-state index in [-0.39, 0.29) is 0 Å². The molecule has 0 aliphatic heterocycles. The van der Waals surface area contributed by atoms with Gasteiger partial charge in [-0.2, -0.15) is 0 Å². The van der Waals surface area contributed by atoms with Gasteiger partial charge in [-0.25, -0.2) is 9.59 Å². The number of hydrogen-bond donors (Lipinski definition) is 0. The van der Waals surface area contributed by atoms with Crippen molar-refractivity contribution in [3.8, 4) is 0 Å². The van der Waals surface area contributed by atoms with Gasteiger partial charge in [-0.1, -0.05) is 0 Å². The van der Waals surface area contributed by atoms with Crippen molar-refractivity contribution in [2.24, 2.45) is 0 Å². The maximum absolute atomic E-state index is 12.3. The average Bonchev–Trinajstić information content (AvgIpc) is 2.73. The summed E-state index contributed by atoms with van der Waals surface area (Å²) in [5, 5.41) is 54.6. The third-order valence-electron chi connectivity index (χ3n) is 4.18. The first-order chi connectivity index (χ1) is 15.1. The van der Waals surface area contributed by atoms with Crippen LogP contribution in [0.25, 0.3) is 0 Å². The van der Waals surface area contributed by atoms with Gasteiger partial charge in [0.2, 0.25) is 13.2 Å². The molecule has 19 heteroatoms. The van der Waals surface area contributed by atoms with E-state index in [4.69, 9.17) is 0 Å². The van der Waals surface area contributed by atoms with Gasteiger partial charge in [0.15, 0.2) is 0 Å². The highest BCUT2D eigenvalue weighted by Gasteiger charge is 2.53. The molecule has 0 aromatic heterocycles. The molecular weight excluding hydrogens is 462 g/mol. The van der Waals surface area contributed by atoms with E-state index in [1.54, 1.807) is 0 Å². The SMILES string of the molecule is CC(COC(=O)c1ccc([N+](=O)[O-])cc1C(=O)OCC(C)([N+](=O)[O-])[N+](=O)[O-])([N+](=O)[O-])[N+](=O)[O-]. The molecule has 0 heterocycles. The van der Waals surface area contributed by atoms with Crippen molar-refractivity contribution in [3.05, 3.63) is 79.9 Å². The second-order valence-corrected chi connectivity index (χ2v) is 6.60. The van der Waals surface area contributed by atoms with E-state index in [0.29, 0.717) is 32.0 Å². The summed E-state index contributed by atoms with van der Waals surface area (Å²) in [4.78, 5) is 72.8. The fourth-order valence-electron chi connectivity index (χ4n) is 1.90. The maximum Gasteiger partial charge on any atom is 0.488 e. The molecule has 0 radical (unpaired) electrons. The van der Waals surface area contributed by atoms with Gasteiger partial charge in [-0.15, -0.1) is 0 Å². The molecule has 178 valence electrons. The first kappa shape index (κ1) is 26.2. The molecule has 0 fully saturated rings. The van der Waals surface area contributed by atoms with Crippen LogP contribution in [0, 0.1) is 50.6 Å². The molecule has 0 saturated heterocycles. The van der Waals surface area contributed by atoms with Gasteiger partial charge in [0.25, 0.3) is 5.69 Å². The first-order valence-corrected chi connectivity index (χ1v) is 8.28. The summed E-state index contributed by atoms with van der Waals surface area (Å²) < 4.78 is 9.01. The molecule has 1 rings (SSSR count). The number of non-ortho nitro benzene ring substituents is 1. The van der Waals surface area contributed by atoms with Crippen LogP contribution in [0.2, 0.25) is 0 Å². The molecule has 0 unspecified atom stereocenters. The smallest absolute Gasteiger partial charge is 0.446 e. The fourth-order valence-corrected chi connectivity index (χ4v) is 1.90. The number of hydrogen-bond acceptors (Lipinski definition) is 14. The zero-order valence-corrected chi connectivity index (χ0v) is 16.6. The normalized spacial score (nSPS) is 11.2. The van der Waals surface area contributed by atoms with Gasteiger partial charge in [0.05, 0.1) is 29.9 Å². The van der Waals surface area contributed by atoms with E-state index < -0.39 is 77.9 Å². The van der Waals surface area contributed by atoms with Gasteiger partial charge >= 0.3 is 23.3 Å². The Bertz CT molecular complexity index is 1020. The van der Waals surface area contributed by atoms with Crippen molar-refractivity contribution >= 4 is 17.6 Å². The van der Waals surface area contributed by atoms with Crippen LogP contribution in [0.5, 0.6) is 0 Å². The molecule has 0 amide bonds. The number of nitrogens with zero attached hydrogens (tertiary/aromatic N) is 5. The Kier molecular flexibility index (Phi) is 7.57. The van der Waals surface area contributed by atoms with Crippen molar-refractivity contribution in [2.45, 2.75) is 25.2 Å². The lowest BCUT2D eigenvalue weighted by Crippen LogP contribution is -2.48. The summed E-state index contributed by atoms with van der Waals surface area (Å²) in [5.41, 5.74) is -8.48. The summed E-state index contributed by atoms with van der Waals surface area (Å²) in [6.45, 7) is -1.80. The quantitative estimate of drug-likeness (QED) is 0.182. The van der Waals surface area contributed by atoms with Gasteiger partial charge in [-0.3, -0.25) is 50.6 Å². The Hall–Kier alpha value is -4.84.